The Labute approximate surface area is 89.9 Å². The van der Waals surface area contributed by atoms with Crippen molar-refractivity contribution in [3.05, 3.63) is 0 Å². The Bertz CT molecular complexity index is 408. The lowest BCUT2D eigenvalue weighted by Gasteiger charge is -2.29. The van der Waals surface area contributed by atoms with Crippen LogP contribution < -0.4 is 9.86 Å². The Morgan fingerprint density at radius 2 is 1.67 bits per heavy atom. The normalized spacial score (nSPS) is 21.7. The molecule has 1 aliphatic rings. The van der Waals surface area contributed by atoms with Crippen molar-refractivity contribution < 1.29 is 16.8 Å². The summed E-state index contributed by atoms with van der Waals surface area (Å²) in [6, 6.07) is -0.196. The monoisotopic (exact) mass is 257 g/mol. The number of hydrogen-bond acceptors (Lipinski definition) is 4. The number of nitrogens with two attached hydrogens (primary N) is 1. The fourth-order valence-electron chi connectivity index (χ4n) is 1.53. The largest absolute Gasteiger partial charge is 0.276 e. The van der Waals surface area contributed by atoms with Crippen LogP contribution in [0.25, 0.3) is 0 Å². The Morgan fingerprint density at radius 1 is 1.20 bits per heavy atom. The van der Waals surface area contributed by atoms with Crippen LogP contribution in [0.5, 0.6) is 0 Å². The minimum atomic E-state index is -3.64. The molecule has 1 heterocycles. The summed E-state index contributed by atoms with van der Waals surface area (Å²) in [6.07, 6.45) is 1.98. The van der Waals surface area contributed by atoms with Gasteiger partial charge in [0.15, 0.2) is 0 Å². The summed E-state index contributed by atoms with van der Waals surface area (Å²) in [5.41, 5.74) is 0. The maximum absolute atomic E-state index is 10.9. The molecule has 9 heteroatoms. The first kappa shape index (κ1) is 12.8. The Balaban J connectivity index is 2.50. The molecule has 0 radical (unpaired) electrons. The fourth-order valence-corrected chi connectivity index (χ4v) is 3.09. The number of nitrogens with zero attached hydrogens (tertiary/aromatic N) is 1. The third-order valence-electron chi connectivity index (χ3n) is 2.19. The Hall–Kier alpha value is -0.220. The van der Waals surface area contributed by atoms with E-state index in [0.29, 0.717) is 12.8 Å². The van der Waals surface area contributed by atoms with E-state index in [1.54, 1.807) is 0 Å². The van der Waals surface area contributed by atoms with Crippen molar-refractivity contribution >= 4 is 20.2 Å². The van der Waals surface area contributed by atoms with Crippen molar-refractivity contribution in [3.63, 3.8) is 0 Å². The van der Waals surface area contributed by atoms with E-state index in [1.807, 2.05) is 0 Å². The predicted molar refractivity (Wildman–Crippen MR) is 55.7 cm³/mol. The number of nitrogens with one attached hydrogen (secondary N) is 1. The smallest absolute Gasteiger partial charge is 0.216 e. The quantitative estimate of drug-likeness (QED) is 0.621. The maximum Gasteiger partial charge on any atom is 0.276 e. The molecule has 0 unspecified atom stereocenters. The van der Waals surface area contributed by atoms with Gasteiger partial charge in [0.2, 0.25) is 10.0 Å². The van der Waals surface area contributed by atoms with Crippen LogP contribution in [0.3, 0.4) is 0 Å². The van der Waals surface area contributed by atoms with Gasteiger partial charge in [-0.15, -0.1) is 0 Å². The number of hydrogen-bond donors (Lipinski definition) is 2. The topological polar surface area (TPSA) is 110 Å². The molecule has 0 atom stereocenters. The molecule has 0 amide bonds. The van der Waals surface area contributed by atoms with Gasteiger partial charge in [-0.05, 0) is 12.8 Å². The SMILES string of the molecule is CS(=O)(=O)NC1CCN(S(N)(=O)=O)CC1. The van der Waals surface area contributed by atoms with Crippen molar-refractivity contribution in [2.24, 2.45) is 5.14 Å². The molecule has 0 saturated carbocycles. The molecule has 0 aromatic heterocycles. The molecule has 0 aromatic carbocycles. The fraction of sp³-hybridized carbons (Fsp3) is 1.00. The van der Waals surface area contributed by atoms with E-state index in [0.717, 1.165) is 10.6 Å². The zero-order chi connectivity index (χ0) is 11.7. The third-order valence-corrected chi connectivity index (χ3v) is 4.04. The number of piperidine rings is 1. The van der Waals surface area contributed by atoms with E-state index in [9.17, 15) is 16.8 Å². The number of rotatable bonds is 3. The Morgan fingerprint density at radius 3 is 2.00 bits per heavy atom. The van der Waals surface area contributed by atoms with Crippen molar-refractivity contribution in [2.75, 3.05) is 19.3 Å². The van der Waals surface area contributed by atoms with Crippen LogP contribution in [0.2, 0.25) is 0 Å². The van der Waals surface area contributed by atoms with E-state index in [2.05, 4.69) is 4.72 Å². The highest BCUT2D eigenvalue weighted by atomic mass is 32.2. The molecule has 0 spiro atoms. The molecule has 7 nitrogen and oxygen atoms in total. The van der Waals surface area contributed by atoms with E-state index in [1.165, 1.54) is 0 Å². The molecule has 0 aliphatic carbocycles. The van der Waals surface area contributed by atoms with Crippen molar-refractivity contribution in [1.29, 1.82) is 0 Å². The van der Waals surface area contributed by atoms with Crippen LogP contribution in [0.4, 0.5) is 0 Å². The lowest BCUT2D eigenvalue weighted by molar-refractivity contribution is 0.309. The van der Waals surface area contributed by atoms with Crippen LogP contribution in [-0.2, 0) is 20.2 Å². The minimum Gasteiger partial charge on any atom is -0.216 e. The van der Waals surface area contributed by atoms with Gasteiger partial charge in [0.05, 0.1) is 6.26 Å². The molecule has 90 valence electrons. The summed E-state index contributed by atoms with van der Waals surface area (Å²) in [6.45, 7) is 0.512. The summed E-state index contributed by atoms with van der Waals surface area (Å²) in [4.78, 5) is 0. The molecular weight excluding hydrogens is 242 g/mol. The van der Waals surface area contributed by atoms with Gasteiger partial charge in [-0.25, -0.2) is 18.3 Å². The molecule has 15 heavy (non-hydrogen) atoms. The summed E-state index contributed by atoms with van der Waals surface area (Å²) < 4.78 is 47.3. The van der Waals surface area contributed by atoms with Crippen LogP contribution in [0.15, 0.2) is 0 Å². The minimum absolute atomic E-state index is 0.196. The van der Waals surface area contributed by atoms with Gasteiger partial charge < -0.3 is 0 Å². The van der Waals surface area contributed by atoms with Gasteiger partial charge in [-0.1, -0.05) is 0 Å². The molecule has 3 N–H and O–H groups in total. The van der Waals surface area contributed by atoms with Crippen LogP contribution >= 0.6 is 0 Å². The van der Waals surface area contributed by atoms with Crippen molar-refractivity contribution in [3.8, 4) is 0 Å². The van der Waals surface area contributed by atoms with Crippen molar-refractivity contribution in [1.82, 2.24) is 9.03 Å². The first-order valence-corrected chi connectivity index (χ1v) is 7.83. The second-order valence-electron chi connectivity index (χ2n) is 3.61. The summed E-state index contributed by atoms with van der Waals surface area (Å²) in [7, 11) is -6.86. The molecule has 1 saturated heterocycles. The maximum atomic E-state index is 10.9. The summed E-state index contributed by atoms with van der Waals surface area (Å²) in [5, 5.41) is 4.94. The van der Waals surface area contributed by atoms with E-state index in [-0.39, 0.29) is 19.1 Å². The first-order valence-electron chi connectivity index (χ1n) is 4.43. The van der Waals surface area contributed by atoms with Gasteiger partial charge in [0.25, 0.3) is 10.2 Å². The molecule has 0 aromatic rings. The molecule has 1 fully saturated rings. The van der Waals surface area contributed by atoms with Gasteiger partial charge in [0.1, 0.15) is 0 Å². The van der Waals surface area contributed by atoms with Crippen LogP contribution in [-0.4, -0.2) is 46.5 Å². The van der Waals surface area contributed by atoms with E-state index >= 15 is 0 Å². The standard InChI is InChI=1S/C6H15N3O4S2/c1-14(10,11)8-6-2-4-9(5-3-6)15(7,12)13/h6,8H,2-5H2,1H3,(H2,7,12,13). The van der Waals surface area contributed by atoms with Crippen LogP contribution in [0.1, 0.15) is 12.8 Å². The van der Waals surface area contributed by atoms with Gasteiger partial charge >= 0.3 is 0 Å². The average Bonchev–Trinajstić information content (AvgIpc) is 2.00. The molecule has 1 aliphatic heterocycles. The zero-order valence-electron chi connectivity index (χ0n) is 8.38. The first-order chi connectivity index (χ1) is 6.68. The Kier molecular flexibility index (Phi) is 3.71. The highest BCUT2D eigenvalue weighted by molar-refractivity contribution is 7.88. The second kappa shape index (κ2) is 4.34. The third kappa shape index (κ3) is 4.43. The molecule has 0 bridgehead atoms. The van der Waals surface area contributed by atoms with E-state index < -0.39 is 20.2 Å². The summed E-state index contributed by atoms with van der Waals surface area (Å²) in [5.74, 6) is 0. The van der Waals surface area contributed by atoms with Gasteiger partial charge in [-0.2, -0.15) is 12.7 Å². The highest BCUT2D eigenvalue weighted by Crippen LogP contribution is 2.12. The predicted octanol–water partition coefficient (Wildman–Crippen LogP) is -1.80. The lowest BCUT2D eigenvalue weighted by atomic mass is 10.1. The number of sulfonamides is 1. The van der Waals surface area contributed by atoms with Crippen molar-refractivity contribution in [2.45, 2.75) is 18.9 Å². The van der Waals surface area contributed by atoms with Gasteiger partial charge in [-0.3, -0.25) is 0 Å². The average molecular weight is 257 g/mol. The zero-order valence-corrected chi connectivity index (χ0v) is 10.0. The highest BCUT2D eigenvalue weighted by Gasteiger charge is 2.26. The molecular formula is C6H15N3O4S2. The summed E-state index contributed by atoms with van der Waals surface area (Å²) >= 11 is 0. The van der Waals surface area contributed by atoms with E-state index in [4.69, 9.17) is 5.14 Å². The molecule has 1 rings (SSSR count). The van der Waals surface area contributed by atoms with Gasteiger partial charge in [0, 0.05) is 19.1 Å². The lowest BCUT2D eigenvalue weighted by Crippen LogP contribution is -2.48. The second-order valence-corrected chi connectivity index (χ2v) is 6.93. The van der Waals surface area contributed by atoms with Crippen LogP contribution in [0, 0.1) is 0 Å².